The molecule has 0 atom stereocenters. The molecule has 3 nitrogen and oxygen atoms in total. The van der Waals surface area contributed by atoms with Gasteiger partial charge in [0.15, 0.2) is 0 Å². The van der Waals surface area contributed by atoms with Crippen LogP contribution in [0.15, 0.2) is 84.9 Å². The normalized spacial score (nSPS) is 14.3. The summed E-state index contributed by atoms with van der Waals surface area (Å²) >= 11 is 0. The standard InChI is InChI=1S/C21H21N3/c1-18-10-8-9-15-21(18)24-17-22(19-11-4-2-5-12-19)16-23(24)20-13-6-3-7-14-20/h2-15H,16-17H2,1H3. The quantitative estimate of drug-likeness (QED) is 0.696. The van der Waals surface area contributed by atoms with Crippen molar-refractivity contribution in [3.05, 3.63) is 90.5 Å². The van der Waals surface area contributed by atoms with Crippen LogP contribution in [0.5, 0.6) is 0 Å². The largest absolute Gasteiger partial charge is 0.332 e. The van der Waals surface area contributed by atoms with Gasteiger partial charge < -0.3 is 4.90 Å². The Labute approximate surface area is 143 Å². The van der Waals surface area contributed by atoms with Crippen molar-refractivity contribution in [2.75, 3.05) is 28.3 Å². The Morgan fingerprint density at radius 2 is 1.12 bits per heavy atom. The summed E-state index contributed by atoms with van der Waals surface area (Å²) < 4.78 is 0. The molecule has 0 amide bonds. The van der Waals surface area contributed by atoms with E-state index >= 15 is 0 Å². The highest BCUT2D eigenvalue weighted by Gasteiger charge is 2.29. The number of hydrogen-bond acceptors (Lipinski definition) is 3. The summed E-state index contributed by atoms with van der Waals surface area (Å²) in [4.78, 5) is 2.39. The fourth-order valence-electron chi connectivity index (χ4n) is 3.20. The highest BCUT2D eigenvalue weighted by atomic mass is 15.7. The van der Waals surface area contributed by atoms with Crippen LogP contribution >= 0.6 is 0 Å². The number of aryl methyl sites for hydroxylation is 1. The van der Waals surface area contributed by atoms with Crippen LogP contribution in [0.1, 0.15) is 5.56 Å². The molecule has 0 aromatic heterocycles. The summed E-state index contributed by atoms with van der Waals surface area (Å²) in [6, 6.07) is 29.7. The Bertz CT molecular complexity index is 802. The Hall–Kier alpha value is -2.94. The summed E-state index contributed by atoms with van der Waals surface area (Å²) in [6.07, 6.45) is 0. The monoisotopic (exact) mass is 315 g/mol. The van der Waals surface area contributed by atoms with Gasteiger partial charge in [-0.3, -0.25) is 10.0 Å². The highest BCUT2D eigenvalue weighted by molar-refractivity contribution is 5.66. The van der Waals surface area contributed by atoms with Gasteiger partial charge in [-0.2, -0.15) is 0 Å². The lowest BCUT2D eigenvalue weighted by molar-refractivity contribution is 0.886. The topological polar surface area (TPSA) is 9.72 Å². The van der Waals surface area contributed by atoms with Gasteiger partial charge in [-0.1, -0.05) is 54.6 Å². The lowest BCUT2D eigenvalue weighted by Gasteiger charge is -2.30. The van der Waals surface area contributed by atoms with E-state index in [1.54, 1.807) is 0 Å². The van der Waals surface area contributed by atoms with Crippen LogP contribution in [0.25, 0.3) is 0 Å². The van der Waals surface area contributed by atoms with Gasteiger partial charge in [-0.25, -0.2) is 0 Å². The molecule has 0 radical (unpaired) electrons. The minimum Gasteiger partial charge on any atom is -0.332 e. The molecule has 0 N–H and O–H groups in total. The summed E-state index contributed by atoms with van der Waals surface area (Å²) in [5, 5.41) is 4.70. The molecule has 1 aliphatic rings. The van der Waals surface area contributed by atoms with E-state index in [9.17, 15) is 0 Å². The van der Waals surface area contributed by atoms with Crippen molar-refractivity contribution in [3.8, 4) is 0 Å². The molecular formula is C21H21N3. The molecule has 0 saturated carbocycles. The molecule has 0 bridgehead atoms. The van der Waals surface area contributed by atoms with E-state index in [0.29, 0.717) is 0 Å². The van der Waals surface area contributed by atoms with Gasteiger partial charge in [0.2, 0.25) is 0 Å². The fraction of sp³-hybridized carbons (Fsp3) is 0.143. The molecule has 0 spiro atoms. The number of hydrogen-bond donors (Lipinski definition) is 0. The molecule has 3 aromatic rings. The van der Waals surface area contributed by atoms with Crippen molar-refractivity contribution in [3.63, 3.8) is 0 Å². The van der Waals surface area contributed by atoms with Crippen LogP contribution in [0.2, 0.25) is 0 Å². The van der Waals surface area contributed by atoms with Crippen LogP contribution in [0.3, 0.4) is 0 Å². The summed E-state index contributed by atoms with van der Waals surface area (Å²) in [7, 11) is 0. The van der Waals surface area contributed by atoms with Gasteiger partial charge in [-0.15, -0.1) is 0 Å². The predicted octanol–water partition coefficient (Wildman–Crippen LogP) is 4.66. The lowest BCUT2D eigenvalue weighted by Crippen LogP contribution is -2.37. The minimum absolute atomic E-state index is 0.836. The summed E-state index contributed by atoms with van der Waals surface area (Å²) in [5.74, 6) is 0. The zero-order chi connectivity index (χ0) is 16.4. The molecule has 0 unspecified atom stereocenters. The van der Waals surface area contributed by atoms with Crippen LogP contribution in [0, 0.1) is 6.92 Å². The Morgan fingerprint density at radius 1 is 0.583 bits per heavy atom. The second-order valence-corrected chi connectivity index (χ2v) is 6.08. The van der Waals surface area contributed by atoms with Gasteiger partial charge in [0.25, 0.3) is 0 Å². The summed E-state index contributed by atoms with van der Waals surface area (Å²) in [5.41, 5.74) is 4.99. The van der Waals surface area contributed by atoms with Gasteiger partial charge in [0.1, 0.15) is 13.3 Å². The van der Waals surface area contributed by atoms with Crippen molar-refractivity contribution in [2.45, 2.75) is 6.92 Å². The van der Waals surface area contributed by atoms with Gasteiger partial charge in [0, 0.05) is 5.69 Å². The molecule has 3 aromatic carbocycles. The molecule has 4 rings (SSSR count). The van der Waals surface area contributed by atoms with E-state index < -0.39 is 0 Å². The van der Waals surface area contributed by atoms with Crippen molar-refractivity contribution in [1.82, 2.24) is 0 Å². The van der Waals surface area contributed by atoms with Gasteiger partial charge in [-0.05, 0) is 42.8 Å². The van der Waals surface area contributed by atoms with E-state index in [2.05, 4.69) is 107 Å². The molecule has 3 heteroatoms. The number of anilines is 3. The average molecular weight is 315 g/mol. The molecule has 1 aliphatic heterocycles. The minimum atomic E-state index is 0.836. The zero-order valence-corrected chi connectivity index (χ0v) is 13.8. The Balaban J connectivity index is 1.73. The number of nitrogens with zero attached hydrogens (tertiary/aromatic N) is 3. The molecular weight excluding hydrogens is 294 g/mol. The molecule has 1 heterocycles. The van der Waals surface area contributed by atoms with Crippen molar-refractivity contribution < 1.29 is 0 Å². The van der Waals surface area contributed by atoms with E-state index in [-0.39, 0.29) is 0 Å². The molecule has 1 saturated heterocycles. The SMILES string of the molecule is Cc1ccccc1N1CN(c2ccccc2)CN1c1ccccc1. The second-order valence-electron chi connectivity index (χ2n) is 6.08. The van der Waals surface area contributed by atoms with Crippen molar-refractivity contribution in [2.24, 2.45) is 0 Å². The van der Waals surface area contributed by atoms with Gasteiger partial charge >= 0.3 is 0 Å². The van der Waals surface area contributed by atoms with Crippen LogP contribution < -0.4 is 14.9 Å². The van der Waals surface area contributed by atoms with Crippen molar-refractivity contribution >= 4 is 17.1 Å². The number of hydrazine groups is 1. The van der Waals surface area contributed by atoms with E-state index in [0.717, 1.165) is 13.3 Å². The maximum Gasteiger partial charge on any atom is 0.112 e. The third-order valence-corrected chi connectivity index (χ3v) is 4.47. The Morgan fingerprint density at radius 3 is 1.79 bits per heavy atom. The smallest absolute Gasteiger partial charge is 0.112 e. The first kappa shape index (κ1) is 14.6. The third kappa shape index (κ3) is 2.69. The van der Waals surface area contributed by atoms with E-state index in [1.807, 2.05) is 0 Å². The van der Waals surface area contributed by atoms with Crippen LogP contribution in [0.4, 0.5) is 17.1 Å². The first-order chi connectivity index (χ1) is 11.8. The maximum atomic E-state index is 2.39. The number of para-hydroxylation sites is 3. The van der Waals surface area contributed by atoms with E-state index in [1.165, 1.54) is 22.6 Å². The first-order valence-corrected chi connectivity index (χ1v) is 8.28. The van der Waals surface area contributed by atoms with Gasteiger partial charge in [0.05, 0.1) is 11.4 Å². The van der Waals surface area contributed by atoms with E-state index in [4.69, 9.17) is 0 Å². The fourth-order valence-corrected chi connectivity index (χ4v) is 3.20. The Kier molecular flexibility index (Phi) is 3.83. The molecule has 1 fully saturated rings. The zero-order valence-electron chi connectivity index (χ0n) is 13.8. The molecule has 0 aliphatic carbocycles. The average Bonchev–Trinajstić information content (AvgIpc) is 3.09. The highest BCUT2D eigenvalue weighted by Crippen LogP contribution is 2.31. The summed E-state index contributed by atoms with van der Waals surface area (Å²) in [6.45, 7) is 3.84. The maximum absolute atomic E-state index is 2.39. The van der Waals surface area contributed by atoms with Crippen molar-refractivity contribution in [1.29, 1.82) is 0 Å². The molecule has 120 valence electrons. The first-order valence-electron chi connectivity index (χ1n) is 8.28. The van der Waals surface area contributed by atoms with Crippen LogP contribution in [-0.2, 0) is 0 Å². The number of rotatable bonds is 3. The van der Waals surface area contributed by atoms with Crippen LogP contribution in [-0.4, -0.2) is 13.3 Å². The number of benzene rings is 3. The third-order valence-electron chi connectivity index (χ3n) is 4.47. The lowest BCUT2D eigenvalue weighted by atomic mass is 10.2. The second kappa shape index (κ2) is 6.28. The predicted molar refractivity (Wildman–Crippen MR) is 101 cm³/mol. The molecule has 24 heavy (non-hydrogen) atoms.